The van der Waals surface area contributed by atoms with Crippen molar-refractivity contribution in [3.05, 3.63) is 34.9 Å². The molecule has 0 saturated heterocycles. The number of nitrogens with zero attached hydrogens (tertiary/aromatic N) is 4. The molecule has 1 aromatic carbocycles. The van der Waals surface area contributed by atoms with Crippen molar-refractivity contribution in [3.63, 3.8) is 0 Å². The molecule has 0 aliphatic carbocycles. The van der Waals surface area contributed by atoms with Gasteiger partial charge in [0.2, 0.25) is 5.16 Å². The van der Waals surface area contributed by atoms with E-state index in [1.54, 1.807) is 11.8 Å². The maximum absolute atomic E-state index is 4.11. The summed E-state index contributed by atoms with van der Waals surface area (Å²) in [6.07, 6.45) is 1.14. The van der Waals surface area contributed by atoms with Crippen LogP contribution in [-0.2, 0) is 12.3 Å². The van der Waals surface area contributed by atoms with Gasteiger partial charge in [-0.2, -0.15) is 0 Å². The third-order valence-corrected chi connectivity index (χ3v) is 4.10. The number of aryl methyl sites for hydroxylation is 2. The van der Waals surface area contributed by atoms with E-state index in [0.717, 1.165) is 37.0 Å². The third kappa shape index (κ3) is 5.13. The van der Waals surface area contributed by atoms with Gasteiger partial charge in [0.1, 0.15) is 0 Å². The third-order valence-electron chi connectivity index (χ3n) is 3.08. The smallest absolute Gasteiger partial charge is 0.209 e. The SMILES string of the molecule is CCCNCCn1nnnc1SCc1cc(C)cc(C)c1. The van der Waals surface area contributed by atoms with E-state index in [2.05, 4.69) is 59.8 Å². The van der Waals surface area contributed by atoms with Crippen LogP contribution in [0.15, 0.2) is 23.4 Å². The van der Waals surface area contributed by atoms with Gasteiger partial charge in [-0.15, -0.1) is 5.10 Å². The summed E-state index contributed by atoms with van der Waals surface area (Å²) in [7, 11) is 0. The van der Waals surface area contributed by atoms with Gasteiger partial charge in [-0.25, -0.2) is 4.68 Å². The first-order valence-corrected chi connectivity index (χ1v) is 8.34. The summed E-state index contributed by atoms with van der Waals surface area (Å²) in [4.78, 5) is 0. The average Bonchev–Trinajstić information content (AvgIpc) is 2.88. The van der Waals surface area contributed by atoms with Crippen LogP contribution in [0.25, 0.3) is 0 Å². The maximum Gasteiger partial charge on any atom is 0.209 e. The fourth-order valence-corrected chi connectivity index (χ4v) is 3.06. The van der Waals surface area contributed by atoms with Crippen LogP contribution in [0.1, 0.15) is 30.0 Å². The van der Waals surface area contributed by atoms with Crippen molar-refractivity contribution in [2.45, 2.75) is 44.6 Å². The Labute approximate surface area is 130 Å². The summed E-state index contributed by atoms with van der Waals surface area (Å²) >= 11 is 1.69. The lowest BCUT2D eigenvalue weighted by Gasteiger charge is -2.06. The van der Waals surface area contributed by atoms with Gasteiger partial charge >= 0.3 is 0 Å². The molecule has 2 aromatic rings. The van der Waals surface area contributed by atoms with Gasteiger partial charge in [-0.1, -0.05) is 48.0 Å². The van der Waals surface area contributed by atoms with Crippen LogP contribution in [-0.4, -0.2) is 33.3 Å². The molecule has 6 heteroatoms. The lowest BCUT2D eigenvalue weighted by atomic mass is 10.1. The fraction of sp³-hybridized carbons (Fsp3) is 0.533. The molecule has 0 saturated carbocycles. The molecule has 0 amide bonds. The molecule has 21 heavy (non-hydrogen) atoms. The summed E-state index contributed by atoms with van der Waals surface area (Å²) in [6, 6.07) is 6.63. The minimum Gasteiger partial charge on any atom is -0.315 e. The number of thioether (sulfide) groups is 1. The zero-order valence-electron chi connectivity index (χ0n) is 13.0. The van der Waals surface area contributed by atoms with E-state index in [0.29, 0.717) is 0 Å². The van der Waals surface area contributed by atoms with Crippen molar-refractivity contribution in [3.8, 4) is 0 Å². The molecular formula is C15H23N5S. The molecule has 0 radical (unpaired) electrons. The molecule has 114 valence electrons. The Balaban J connectivity index is 1.89. The molecule has 2 rings (SSSR count). The fourth-order valence-electron chi connectivity index (χ4n) is 2.23. The summed E-state index contributed by atoms with van der Waals surface area (Å²) < 4.78 is 1.87. The summed E-state index contributed by atoms with van der Waals surface area (Å²) in [5.41, 5.74) is 3.92. The Bertz CT molecular complexity index is 547. The van der Waals surface area contributed by atoms with E-state index in [4.69, 9.17) is 0 Å². The predicted octanol–water partition coefficient (Wildman–Crippen LogP) is 2.58. The molecule has 1 heterocycles. The first kappa shape index (κ1) is 16.0. The minimum absolute atomic E-state index is 0.808. The molecule has 0 aliphatic rings. The van der Waals surface area contributed by atoms with Crippen LogP contribution < -0.4 is 5.32 Å². The molecule has 0 atom stereocenters. The van der Waals surface area contributed by atoms with E-state index in [-0.39, 0.29) is 0 Å². The van der Waals surface area contributed by atoms with Gasteiger partial charge in [0.25, 0.3) is 0 Å². The highest BCUT2D eigenvalue weighted by Gasteiger charge is 2.07. The number of benzene rings is 1. The van der Waals surface area contributed by atoms with Gasteiger partial charge in [0.05, 0.1) is 6.54 Å². The number of rotatable bonds is 8. The van der Waals surface area contributed by atoms with E-state index in [1.807, 2.05) is 4.68 Å². The monoisotopic (exact) mass is 305 g/mol. The molecule has 1 aromatic heterocycles. The van der Waals surface area contributed by atoms with Crippen molar-refractivity contribution in [2.75, 3.05) is 13.1 Å². The van der Waals surface area contributed by atoms with Crippen molar-refractivity contribution < 1.29 is 0 Å². The van der Waals surface area contributed by atoms with Crippen LogP contribution in [0, 0.1) is 13.8 Å². The first-order valence-electron chi connectivity index (χ1n) is 7.36. The molecule has 0 fully saturated rings. The van der Waals surface area contributed by atoms with E-state index >= 15 is 0 Å². The Morgan fingerprint density at radius 3 is 2.62 bits per heavy atom. The zero-order valence-corrected chi connectivity index (χ0v) is 13.8. The van der Waals surface area contributed by atoms with Crippen LogP contribution in [0.4, 0.5) is 0 Å². The van der Waals surface area contributed by atoms with Crippen LogP contribution in [0.3, 0.4) is 0 Å². The van der Waals surface area contributed by atoms with Crippen molar-refractivity contribution in [1.82, 2.24) is 25.5 Å². The number of tetrazole rings is 1. The largest absolute Gasteiger partial charge is 0.315 e. The highest BCUT2D eigenvalue weighted by Crippen LogP contribution is 2.21. The van der Waals surface area contributed by atoms with Crippen LogP contribution in [0.5, 0.6) is 0 Å². The molecule has 0 unspecified atom stereocenters. The standard InChI is InChI=1S/C15H23N5S/c1-4-5-16-6-7-20-15(17-18-19-20)21-11-14-9-12(2)8-13(3)10-14/h8-10,16H,4-7,11H2,1-3H3. The number of hydrogen-bond donors (Lipinski definition) is 1. The molecule has 0 spiro atoms. The topological polar surface area (TPSA) is 55.6 Å². The van der Waals surface area contributed by atoms with E-state index in [9.17, 15) is 0 Å². The Morgan fingerprint density at radius 1 is 1.14 bits per heavy atom. The normalized spacial score (nSPS) is 11.0. The quantitative estimate of drug-likeness (QED) is 0.600. The second kappa shape index (κ2) is 8.14. The highest BCUT2D eigenvalue weighted by atomic mass is 32.2. The number of aromatic nitrogens is 4. The summed E-state index contributed by atoms with van der Waals surface area (Å²) in [5, 5.41) is 16.2. The lowest BCUT2D eigenvalue weighted by Crippen LogP contribution is -2.21. The maximum atomic E-state index is 4.11. The summed E-state index contributed by atoms with van der Waals surface area (Å²) in [5.74, 6) is 0.894. The number of hydrogen-bond acceptors (Lipinski definition) is 5. The van der Waals surface area contributed by atoms with Gasteiger partial charge in [0, 0.05) is 12.3 Å². The van der Waals surface area contributed by atoms with Gasteiger partial charge in [-0.3, -0.25) is 0 Å². The Kier molecular flexibility index (Phi) is 6.20. The van der Waals surface area contributed by atoms with Crippen molar-refractivity contribution in [1.29, 1.82) is 0 Å². The van der Waals surface area contributed by atoms with E-state index in [1.165, 1.54) is 16.7 Å². The van der Waals surface area contributed by atoms with Gasteiger partial charge in [0.15, 0.2) is 0 Å². The number of nitrogens with one attached hydrogen (secondary N) is 1. The van der Waals surface area contributed by atoms with Crippen LogP contribution >= 0.6 is 11.8 Å². The molecule has 0 aliphatic heterocycles. The van der Waals surface area contributed by atoms with E-state index < -0.39 is 0 Å². The molecule has 5 nitrogen and oxygen atoms in total. The molecule has 1 N–H and O–H groups in total. The molecule has 0 bridgehead atoms. The zero-order chi connectivity index (χ0) is 15.1. The van der Waals surface area contributed by atoms with Crippen molar-refractivity contribution >= 4 is 11.8 Å². The Morgan fingerprint density at radius 2 is 1.90 bits per heavy atom. The Hall–Kier alpha value is -1.40. The van der Waals surface area contributed by atoms with Gasteiger partial charge < -0.3 is 5.32 Å². The van der Waals surface area contributed by atoms with Crippen molar-refractivity contribution in [2.24, 2.45) is 0 Å². The predicted molar refractivity (Wildman–Crippen MR) is 86.5 cm³/mol. The van der Waals surface area contributed by atoms with Gasteiger partial charge in [-0.05, 0) is 42.8 Å². The minimum atomic E-state index is 0.808. The molecular weight excluding hydrogens is 282 g/mol. The second-order valence-electron chi connectivity index (χ2n) is 5.22. The highest BCUT2D eigenvalue weighted by molar-refractivity contribution is 7.98. The summed E-state index contributed by atoms with van der Waals surface area (Å²) in [6.45, 7) is 9.16. The van der Waals surface area contributed by atoms with Crippen LogP contribution in [0.2, 0.25) is 0 Å². The lowest BCUT2D eigenvalue weighted by molar-refractivity contribution is 0.510. The average molecular weight is 305 g/mol. The second-order valence-corrected chi connectivity index (χ2v) is 6.16. The first-order chi connectivity index (χ1) is 10.2.